The molecule has 2 heterocycles. The van der Waals surface area contributed by atoms with Crippen LogP contribution in [0.25, 0.3) is 5.69 Å². The highest BCUT2D eigenvalue weighted by atomic mass is 32.2. The summed E-state index contributed by atoms with van der Waals surface area (Å²) in [6.45, 7) is 4.08. The van der Waals surface area contributed by atoms with Crippen molar-refractivity contribution in [1.29, 1.82) is 0 Å². The third kappa shape index (κ3) is 5.81. The van der Waals surface area contributed by atoms with Crippen LogP contribution in [0, 0.1) is 13.8 Å². The molecule has 4 aromatic rings. The summed E-state index contributed by atoms with van der Waals surface area (Å²) in [6, 6.07) is 12.2. The van der Waals surface area contributed by atoms with E-state index in [1.165, 1.54) is 41.4 Å². The highest BCUT2D eigenvalue weighted by molar-refractivity contribution is 7.99. The van der Waals surface area contributed by atoms with Crippen LogP contribution in [0.4, 0.5) is 10.8 Å². The van der Waals surface area contributed by atoms with Gasteiger partial charge < -0.3 is 5.32 Å². The molecule has 0 aliphatic heterocycles. The lowest BCUT2D eigenvalue weighted by Crippen LogP contribution is -2.15. The number of anilines is 2. The number of hydrogen-bond acceptors (Lipinski definition) is 7. The number of nitrogens with one attached hydrogen (secondary N) is 2. The van der Waals surface area contributed by atoms with Crippen molar-refractivity contribution < 1.29 is 13.2 Å². The van der Waals surface area contributed by atoms with Gasteiger partial charge in [-0.25, -0.2) is 18.4 Å². The van der Waals surface area contributed by atoms with E-state index in [4.69, 9.17) is 0 Å². The SMILES string of the molecule is Cc1cc(C)cc(-n2ccnc2SCC(=O)Nc2ccc(S(=O)(=O)Nc3nccs3)cc2)c1. The quantitative estimate of drug-likeness (QED) is 0.346. The van der Waals surface area contributed by atoms with Crippen LogP contribution in [-0.4, -0.2) is 34.6 Å². The Morgan fingerprint density at radius 2 is 1.79 bits per heavy atom. The molecule has 0 aliphatic rings. The number of thiazole rings is 1. The fourth-order valence-corrected chi connectivity index (χ4v) is 5.74. The number of benzene rings is 2. The number of carbonyl (C=O) groups is 1. The van der Waals surface area contributed by atoms with Gasteiger partial charge in [0, 0.05) is 35.3 Å². The van der Waals surface area contributed by atoms with Gasteiger partial charge in [-0.3, -0.25) is 14.1 Å². The molecule has 0 radical (unpaired) electrons. The molecule has 2 N–H and O–H groups in total. The number of carbonyl (C=O) groups excluding carboxylic acids is 1. The molecule has 8 nitrogen and oxygen atoms in total. The van der Waals surface area contributed by atoms with Gasteiger partial charge in [0.1, 0.15) is 0 Å². The lowest BCUT2D eigenvalue weighted by molar-refractivity contribution is -0.113. The van der Waals surface area contributed by atoms with E-state index >= 15 is 0 Å². The predicted molar refractivity (Wildman–Crippen MR) is 132 cm³/mol. The Morgan fingerprint density at radius 3 is 2.45 bits per heavy atom. The first kappa shape index (κ1) is 23.0. The summed E-state index contributed by atoms with van der Waals surface area (Å²) in [5, 5.41) is 5.47. The lowest BCUT2D eigenvalue weighted by atomic mass is 10.1. The fourth-order valence-electron chi connectivity index (χ4n) is 3.18. The summed E-state index contributed by atoms with van der Waals surface area (Å²) in [5.41, 5.74) is 3.81. The van der Waals surface area contributed by atoms with E-state index in [9.17, 15) is 13.2 Å². The number of hydrogen-bond donors (Lipinski definition) is 2. The first-order valence-corrected chi connectivity index (χ1v) is 13.2. The molecule has 0 saturated carbocycles. The van der Waals surface area contributed by atoms with E-state index in [2.05, 4.69) is 38.2 Å². The van der Waals surface area contributed by atoms with Crippen molar-refractivity contribution in [2.75, 3.05) is 15.8 Å². The Kier molecular flexibility index (Phi) is 6.82. The van der Waals surface area contributed by atoms with Crippen molar-refractivity contribution >= 4 is 49.8 Å². The molecule has 4 rings (SSSR count). The second-order valence-electron chi connectivity index (χ2n) is 7.23. The van der Waals surface area contributed by atoms with E-state index < -0.39 is 10.0 Å². The van der Waals surface area contributed by atoms with Crippen LogP contribution in [-0.2, 0) is 14.8 Å². The monoisotopic (exact) mass is 499 g/mol. The maximum absolute atomic E-state index is 12.5. The molecule has 0 bridgehead atoms. The van der Waals surface area contributed by atoms with Crippen molar-refractivity contribution in [3.63, 3.8) is 0 Å². The molecule has 33 heavy (non-hydrogen) atoms. The molecular weight excluding hydrogens is 478 g/mol. The molecule has 2 aromatic heterocycles. The van der Waals surface area contributed by atoms with E-state index in [0.717, 1.165) is 16.8 Å². The van der Waals surface area contributed by atoms with Crippen LogP contribution in [0.1, 0.15) is 11.1 Å². The van der Waals surface area contributed by atoms with E-state index in [1.807, 2.05) is 24.6 Å². The Hall–Kier alpha value is -3.15. The molecule has 0 fully saturated rings. The Bertz CT molecular complexity index is 1340. The molecule has 0 saturated heterocycles. The average Bonchev–Trinajstić information content (AvgIpc) is 3.43. The topological polar surface area (TPSA) is 106 Å². The lowest BCUT2D eigenvalue weighted by Gasteiger charge is -2.10. The molecular formula is C22H21N5O3S3. The van der Waals surface area contributed by atoms with E-state index in [0.29, 0.717) is 16.0 Å². The second kappa shape index (κ2) is 9.77. The fraction of sp³-hybridized carbons (Fsp3) is 0.136. The Morgan fingerprint density at radius 1 is 1.06 bits per heavy atom. The summed E-state index contributed by atoms with van der Waals surface area (Å²) in [5.74, 6) is -0.0560. The van der Waals surface area contributed by atoms with Crippen molar-refractivity contribution in [2.45, 2.75) is 23.9 Å². The third-order valence-electron chi connectivity index (χ3n) is 4.53. The van der Waals surface area contributed by atoms with Gasteiger partial charge in [-0.05, 0) is 61.4 Å². The van der Waals surface area contributed by atoms with Crippen molar-refractivity contribution in [3.8, 4) is 5.69 Å². The van der Waals surface area contributed by atoms with Gasteiger partial charge >= 0.3 is 0 Å². The molecule has 170 valence electrons. The zero-order valence-electron chi connectivity index (χ0n) is 17.8. The van der Waals surface area contributed by atoms with Crippen LogP contribution in [0.5, 0.6) is 0 Å². The predicted octanol–water partition coefficient (Wildman–Crippen LogP) is 4.48. The maximum Gasteiger partial charge on any atom is 0.263 e. The molecule has 0 unspecified atom stereocenters. The molecule has 1 amide bonds. The maximum atomic E-state index is 12.5. The second-order valence-corrected chi connectivity index (χ2v) is 10.7. The zero-order valence-corrected chi connectivity index (χ0v) is 20.3. The summed E-state index contributed by atoms with van der Waals surface area (Å²) < 4.78 is 29.2. The number of sulfonamides is 1. The van der Waals surface area contributed by atoms with Crippen molar-refractivity contribution in [2.24, 2.45) is 0 Å². The number of aryl methyl sites for hydroxylation is 2. The summed E-state index contributed by atoms with van der Waals surface area (Å²) in [4.78, 5) is 20.8. The van der Waals surface area contributed by atoms with Gasteiger partial charge in [-0.2, -0.15) is 0 Å². The summed E-state index contributed by atoms with van der Waals surface area (Å²) >= 11 is 2.52. The van der Waals surface area contributed by atoms with Gasteiger partial charge in [0.05, 0.1) is 10.6 Å². The third-order valence-corrected chi connectivity index (χ3v) is 7.67. The van der Waals surface area contributed by atoms with Gasteiger partial charge in [0.15, 0.2) is 10.3 Å². The van der Waals surface area contributed by atoms with Crippen LogP contribution in [0.15, 0.2) is 76.5 Å². The van der Waals surface area contributed by atoms with E-state index in [1.54, 1.807) is 23.7 Å². The van der Waals surface area contributed by atoms with Gasteiger partial charge in [-0.1, -0.05) is 17.8 Å². The summed E-state index contributed by atoms with van der Waals surface area (Å²) in [6.07, 6.45) is 5.09. The largest absolute Gasteiger partial charge is 0.325 e. The van der Waals surface area contributed by atoms with Crippen LogP contribution in [0.3, 0.4) is 0 Å². The number of thioether (sulfide) groups is 1. The molecule has 0 atom stereocenters. The molecule has 0 aliphatic carbocycles. The molecule has 2 aromatic carbocycles. The van der Waals surface area contributed by atoms with Crippen molar-refractivity contribution in [3.05, 3.63) is 77.6 Å². The number of nitrogens with zero attached hydrogens (tertiary/aromatic N) is 3. The average molecular weight is 500 g/mol. The first-order chi connectivity index (χ1) is 15.8. The number of aromatic nitrogens is 3. The summed E-state index contributed by atoms with van der Waals surface area (Å²) in [7, 11) is -3.74. The highest BCUT2D eigenvalue weighted by Gasteiger charge is 2.16. The number of amides is 1. The van der Waals surface area contributed by atoms with Crippen LogP contribution < -0.4 is 10.0 Å². The first-order valence-electron chi connectivity index (χ1n) is 9.87. The van der Waals surface area contributed by atoms with Gasteiger partial charge in [0.25, 0.3) is 10.0 Å². The molecule has 0 spiro atoms. The molecule has 11 heteroatoms. The van der Waals surface area contributed by atoms with Crippen LogP contribution >= 0.6 is 23.1 Å². The number of imidazole rings is 1. The van der Waals surface area contributed by atoms with Crippen molar-refractivity contribution in [1.82, 2.24) is 14.5 Å². The van der Waals surface area contributed by atoms with Crippen LogP contribution in [0.2, 0.25) is 0 Å². The van der Waals surface area contributed by atoms with E-state index in [-0.39, 0.29) is 16.6 Å². The Balaban J connectivity index is 1.37. The minimum Gasteiger partial charge on any atom is -0.325 e. The minimum absolute atomic E-state index is 0.0838. The smallest absolute Gasteiger partial charge is 0.263 e. The normalized spacial score (nSPS) is 11.3. The Labute approximate surface area is 200 Å². The highest BCUT2D eigenvalue weighted by Crippen LogP contribution is 2.23. The van der Waals surface area contributed by atoms with Gasteiger partial charge in [-0.15, -0.1) is 11.3 Å². The van der Waals surface area contributed by atoms with Gasteiger partial charge in [0.2, 0.25) is 5.91 Å². The number of rotatable bonds is 8. The minimum atomic E-state index is -3.74. The zero-order chi connectivity index (χ0) is 23.4. The standard InChI is InChI=1S/C22H21N5O3S3/c1-15-11-16(2)13-18(12-15)27-9-7-24-22(27)32-14-20(28)25-17-3-5-19(6-4-17)33(29,30)26-21-23-8-10-31-21/h3-13H,14H2,1-2H3,(H,23,26)(H,25,28).